The molecule has 1 aromatic carbocycles. The van der Waals surface area contributed by atoms with Gasteiger partial charge in [0.1, 0.15) is 5.75 Å². The van der Waals surface area contributed by atoms with Gasteiger partial charge in [-0.05, 0) is 70.3 Å². The molecule has 0 aromatic heterocycles. The molecule has 1 amide bonds. The predicted molar refractivity (Wildman–Crippen MR) is 132 cm³/mol. The van der Waals surface area contributed by atoms with E-state index in [1.165, 1.54) is 32.5 Å². The molecule has 0 saturated carbocycles. The van der Waals surface area contributed by atoms with Gasteiger partial charge in [0, 0.05) is 45.8 Å². The highest BCUT2D eigenvalue weighted by Gasteiger charge is 2.26. The van der Waals surface area contributed by atoms with Crippen LogP contribution in [0.1, 0.15) is 42.5 Å². The Labute approximate surface area is 198 Å². The van der Waals surface area contributed by atoms with Crippen LogP contribution in [-0.4, -0.2) is 88.8 Å². The first-order valence-electron chi connectivity index (χ1n) is 11.9. The zero-order valence-electron chi connectivity index (χ0n) is 19.9. The van der Waals surface area contributed by atoms with E-state index in [-0.39, 0.29) is 11.9 Å². The Morgan fingerprint density at radius 3 is 2.41 bits per heavy atom. The summed E-state index contributed by atoms with van der Waals surface area (Å²) in [5.74, 6) is 1.22. The third-order valence-corrected chi connectivity index (χ3v) is 7.12. The van der Waals surface area contributed by atoms with Gasteiger partial charge in [0.05, 0.1) is 23.4 Å². The average molecular weight is 466 g/mol. The van der Waals surface area contributed by atoms with E-state index >= 15 is 0 Å². The van der Waals surface area contributed by atoms with Gasteiger partial charge in [-0.2, -0.15) is 0 Å². The summed E-state index contributed by atoms with van der Waals surface area (Å²) < 4.78 is 5.47. The van der Waals surface area contributed by atoms with Gasteiger partial charge in [-0.1, -0.05) is 11.6 Å². The van der Waals surface area contributed by atoms with Crippen LogP contribution in [0.25, 0.3) is 0 Å². The maximum Gasteiger partial charge on any atom is 0.255 e. The highest BCUT2D eigenvalue weighted by Crippen LogP contribution is 2.32. The second-order valence-electron chi connectivity index (χ2n) is 9.37. The molecule has 7 nitrogen and oxygen atoms in total. The molecule has 3 rings (SSSR count). The standard InChI is InChI=1S/C24H40ClN5O2/c1-28(2)22-16-23(32-3)20(15-21(22)25)24(31)27-19-7-13-30(14-8-19)17-18-5-11-29(12-6-18)10-4-9-26/h15-16,18-19H,4-14,17,26H2,1-3H3,(H,27,31). The van der Waals surface area contributed by atoms with Gasteiger partial charge in [0.25, 0.3) is 5.91 Å². The first-order valence-corrected chi connectivity index (χ1v) is 12.3. The molecule has 0 radical (unpaired) electrons. The predicted octanol–water partition coefficient (Wildman–Crippen LogP) is 2.67. The maximum absolute atomic E-state index is 12.9. The fourth-order valence-electron chi connectivity index (χ4n) is 4.83. The van der Waals surface area contributed by atoms with Gasteiger partial charge in [-0.3, -0.25) is 4.79 Å². The zero-order chi connectivity index (χ0) is 23.1. The van der Waals surface area contributed by atoms with Crippen LogP contribution in [0.15, 0.2) is 12.1 Å². The minimum atomic E-state index is -0.114. The third kappa shape index (κ3) is 6.73. The van der Waals surface area contributed by atoms with Crippen molar-refractivity contribution in [2.24, 2.45) is 11.7 Å². The number of hydrogen-bond donors (Lipinski definition) is 2. The van der Waals surface area contributed by atoms with Crippen molar-refractivity contribution in [1.82, 2.24) is 15.1 Å². The van der Waals surface area contributed by atoms with Gasteiger partial charge < -0.3 is 30.5 Å². The Morgan fingerprint density at radius 2 is 1.81 bits per heavy atom. The first kappa shape index (κ1) is 25.1. The van der Waals surface area contributed by atoms with Crippen molar-refractivity contribution < 1.29 is 9.53 Å². The van der Waals surface area contributed by atoms with E-state index in [0.29, 0.717) is 16.3 Å². The summed E-state index contributed by atoms with van der Waals surface area (Å²) in [5, 5.41) is 3.75. The number of methoxy groups -OCH3 is 1. The van der Waals surface area contributed by atoms with Crippen LogP contribution < -0.4 is 20.7 Å². The van der Waals surface area contributed by atoms with E-state index in [2.05, 4.69) is 15.1 Å². The lowest BCUT2D eigenvalue weighted by atomic mass is 9.94. The zero-order valence-corrected chi connectivity index (χ0v) is 20.7. The second kappa shape index (κ2) is 12.1. The summed E-state index contributed by atoms with van der Waals surface area (Å²) in [4.78, 5) is 20.0. The molecule has 2 fully saturated rings. The minimum Gasteiger partial charge on any atom is -0.496 e. The molecular formula is C24H40ClN5O2. The van der Waals surface area contributed by atoms with Gasteiger partial charge in [0.15, 0.2) is 0 Å². The summed E-state index contributed by atoms with van der Waals surface area (Å²) >= 11 is 6.39. The SMILES string of the molecule is COc1cc(N(C)C)c(Cl)cc1C(=O)NC1CCN(CC2CCN(CCCN)CC2)CC1. The largest absolute Gasteiger partial charge is 0.496 e. The van der Waals surface area contributed by atoms with E-state index in [4.69, 9.17) is 22.1 Å². The molecule has 180 valence electrons. The summed E-state index contributed by atoms with van der Waals surface area (Å²) in [5.41, 5.74) is 6.96. The molecule has 3 N–H and O–H groups in total. The number of hydrogen-bond acceptors (Lipinski definition) is 6. The average Bonchev–Trinajstić information content (AvgIpc) is 2.79. The van der Waals surface area contributed by atoms with Crippen LogP contribution in [0.5, 0.6) is 5.75 Å². The van der Waals surface area contributed by atoms with Gasteiger partial charge in [0.2, 0.25) is 0 Å². The molecule has 0 bridgehead atoms. The summed E-state index contributed by atoms with van der Waals surface area (Å²) in [6.07, 6.45) is 5.62. The lowest BCUT2D eigenvalue weighted by molar-refractivity contribution is 0.0888. The molecule has 2 saturated heterocycles. The van der Waals surface area contributed by atoms with Crippen molar-refractivity contribution in [3.63, 3.8) is 0 Å². The Morgan fingerprint density at radius 1 is 1.16 bits per heavy atom. The van der Waals surface area contributed by atoms with Gasteiger partial charge in [-0.15, -0.1) is 0 Å². The molecule has 2 aliphatic rings. The van der Waals surface area contributed by atoms with Crippen molar-refractivity contribution in [3.05, 3.63) is 22.7 Å². The number of nitrogens with two attached hydrogens (primary N) is 1. The smallest absolute Gasteiger partial charge is 0.255 e. The lowest BCUT2D eigenvalue weighted by Gasteiger charge is -2.37. The Kier molecular flexibility index (Phi) is 9.46. The second-order valence-corrected chi connectivity index (χ2v) is 9.78. The highest BCUT2D eigenvalue weighted by molar-refractivity contribution is 6.33. The van der Waals surface area contributed by atoms with Crippen molar-refractivity contribution in [3.8, 4) is 5.75 Å². The van der Waals surface area contributed by atoms with Crippen LogP contribution in [0.4, 0.5) is 5.69 Å². The molecule has 2 aliphatic heterocycles. The fraction of sp³-hybridized carbons (Fsp3) is 0.708. The molecule has 8 heteroatoms. The number of carbonyl (C=O) groups is 1. The van der Waals surface area contributed by atoms with Crippen molar-refractivity contribution in [2.75, 3.05) is 71.9 Å². The topological polar surface area (TPSA) is 74.1 Å². The third-order valence-electron chi connectivity index (χ3n) is 6.82. The summed E-state index contributed by atoms with van der Waals surface area (Å²) in [7, 11) is 5.42. The van der Waals surface area contributed by atoms with E-state index < -0.39 is 0 Å². The number of benzene rings is 1. The molecule has 0 spiro atoms. The number of amides is 1. The minimum absolute atomic E-state index is 0.114. The number of ether oxygens (including phenoxy) is 1. The highest BCUT2D eigenvalue weighted by atomic mass is 35.5. The lowest BCUT2D eigenvalue weighted by Crippen LogP contribution is -2.47. The summed E-state index contributed by atoms with van der Waals surface area (Å²) in [6.45, 7) is 7.59. The number of nitrogens with zero attached hydrogens (tertiary/aromatic N) is 3. The molecule has 0 unspecified atom stereocenters. The number of halogens is 1. The fourth-order valence-corrected chi connectivity index (χ4v) is 5.16. The molecule has 0 atom stereocenters. The number of rotatable bonds is 9. The van der Waals surface area contributed by atoms with Crippen molar-refractivity contribution in [1.29, 1.82) is 0 Å². The quantitative estimate of drug-likeness (QED) is 0.584. The van der Waals surface area contributed by atoms with E-state index in [1.807, 2.05) is 25.1 Å². The number of carbonyl (C=O) groups excluding carboxylic acids is 1. The maximum atomic E-state index is 12.9. The molecular weight excluding hydrogens is 426 g/mol. The Hall–Kier alpha value is -1.54. The number of nitrogens with one attached hydrogen (secondary N) is 1. The van der Waals surface area contributed by atoms with Crippen LogP contribution >= 0.6 is 11.6 Å². The van der Waals surface area contributed by atoms with E-state index in [1.54, 1.807) is 13.2 Å². The monoisotopic (exact) mass is 465 g/mol. The van der Waals surface area contributed by atoms with E-state index in [9.17, 15) is 4.79 Å². The van der Waals surface area contributed by atoms with Crippen molar-refractivity contribution >= 4 is 23.2 Å². The van der Waals surface area contributed by atoms with Crippen LogP contribution in [0, 0.1) is 5.92 Å². The van der Waals surface area contributed by atoms with Gasteiger partial charge >= 0.3 is 0 Å². The molecule has 1 aromatic rings. The number of piperidine rings is 2. The molecule has 2 heterocycles. The van der Waals surface area contributed by atoms with Gasteiger partial charge in [-0.25, -0.2) is 0 Å². The normalized spacial score (nSPS) is 19.2. The number of likely N-dealkylation sites (tertiary alicyclic amines) is 2. The Bertz CT molecular complexity index is 744. The van der Waals surface area contributed by atoms with Crippen molar-refractivity contribution in [2.45, 2.75) is 38.1 Å². The van der Waals surface area contributed by atoms with E-state index in [0.717, 1.165) is 57.0 Å². The first-order chi connectivity index (χ1) is 15.4. The number of anilines is 1. The molecule has 0 aliphatic carbocycles. The summed E-state index contributed by atoms with van der Waals surface area (Å²) in [6, 6.07) is 3.72. The van der Waals surface area contributed by atoms with Crippen LogP contribution in [-0.2, 0) is 0 Å². The molecule has 32 heavy (non-hydrogen) atoms. The van der Waals surface area contributed by atoms with Crippen LogP contribution in [0.2, 0.25) is 5.02 Å². The van der Waals surface area contributed by atoms with Crippen LogP contribution in [0.3, 0.4) is 0 Å². The Balaban J connectivity index is 1.45.